The van der Waals surface area contributed by atoms with Gasteiger partial charge in [0.2, 0.25) is 0 Å². The van der Waals surface area contributed by atoms with Gasteiger partial charge in [0, 0.05) is 38.4 Å². The highest BCUT2D eigenvalue weighted by molar-refractivity contribution is 7.13. The second-order valence-electron chi connectivity index (χ2n) is 7.01. The first-order valence-corrected chi connectivity index (χ1v) is 9.91. The fraction of sp³-hybridized carbons (Fsp3) is 0.500. The highest BCUT2D eigenvalue weighted by Crippen LogP contribution is 2.28. The van der Waals surface area contributed by atoms with Gasteiger partial charge in [-0.1, -0.05) is 0 Å². The van der Waals surface area contributed by atoms with Crippen molar-refractivity contribution in [3.05, 3.63) is 45.9 Å². The minimum Gasteiger partial charge on any atom is -0.337 e. The molecule has 8 nitrogen and oxygen atoms in total. The van der Waals surface area contributed by atoms with E-state index in [4.69, 9.17) is 0 Å². The van der Waals surface area contributed by atoms with Gasteiger partial charge in [0.05, 0.1) is 23.6 Å². The van der Waals surface area contributed by atoms with Gasteiger partial charge in [-0.15, -0.1) is 21.5 Å². The lowest BCUT2D eigenvalue weighted by molar-refractivity contribution is 0.0707. The molecule has 4 heterocycles. The van der Waals surface area contributed by atoms with E-state index >= 15 is 0 Å². The van der Waals surface area contributed by atoms with Crippen LogP contribution in [0.25, 0.3) is 0 Å². The summed E-state index contributed by atoms with van der Waals surface area (Å²) in [6.45, 7) is 5.94. The van der Waals surface area contributed by atoms with Crippen LogP contribution in [0.5, 0.6) is 0 Å². The minimum atomic E-state index is 0.0867. The lowest BCUT2D eigenvalue weighted by Crippen LogP contribution is -2.39. The molecule has 3 aromatic rings. The summed E-state index contributed by atoms with van der Waals surface area (Å²) in [6, 6.07) is 0. The van der Waals surface area contributed by atoms with Crippen LogP contribution in [0.4, 0.5) is 0 Å². The molecule has 0 spiro atoms. The van der Waals surface area contributed by atoms with Gasteiger partial charge in [0.15, 0.2) is 5.82 Å². The lowest BCUT2D eigenvalue weighted by Gasteiger charge is -2.32. The maximum absolute atomic E-state index is 13.0. The number of hydrogen-bond acceptors (Lipinski definition) is 6. The van der Waals surface area contributed by atoms with Crippen molar-refractivity contribution in [1.82, 2.24) is 34.2 Å². The van der Waals surface area contributed by atoms with Crippen molar-refractivity contribution in [2.45, 2.75) is 39.2 Å². The van der Waals surface area contributed by atoms with Gasteiger partial charge in [-0.05, 0) is 26.7 Å². The molecule has 9 heteroatoms. The Morgan fingerprint density at radius 2 is 2.19 bits per heavy atom. The third-order valence-corrected chi connectivity index (χ3v) is 6.11. The number of hydrogen-bond donors (Lipinski definition) is 0. The third kappa shape index (κ3) is 3.51. The van der Waals surface area contributed by atoms with Crippen molar-refractivity contribution >= 4 is 17.2 Å². The van der Waals surface area contributed by atoms with E-state index in [1.807, 2.05) is 36.6 Å². The molecule has 1 atom stereocenters. The average Bonchev–Trinajstić information content (AvgIpc) is 3.37. The second kappa shape index (κ2) is 7.22. The molecular weight excluding hydrogens is 362 g/mol. The Labute approximate surface area is 161 Å². The van der Waals surface area contributed by atoms with Crippen LogP contribution in [0.2, 0.25) is 0 Å². The van der Waals surface area contributed by atoms with Crippen LogP contribution in [-0.2, 0) is 13.6 Å². The quantitative estimate of drug-likeness (QED) is 0.687. The van der Waals surface area contributed by atoms with E-state index in [2.05, 4.69) is 24.7 Å². The van der Waals surface area contributed by atoms with Gasteiger partial charge in [-0.3, -0.25) is 4.79 Å². The van der Waals surface area contributed by atoms with Crippen molar-refractivity contribution in [3.8, 4) is 0 Å². The van der Waals surface area contributed by atoms with E-state index in [-0.39, 0.29) is 11.8 Å². The van der Waals surface area contributed by atoms with Gasteiger partial charge in [0.1, 0.15) is 10.7 Å². The van der Waals surface area contributed by atoms with Crippen LogP contribution in [0, 0.1) is 13.8 Å². The normalized spacial score (nSPS) is 17.4. The van der Waals surface area contributed by atoms with Crippen LogP contribution in [0.3, 0.4) is 0 Å². The van der Waals surface area contributed by atoms with Gasteiger partial charge in [-0.25, -0.2) is 9.97 Å². The summed E-state index contributed by atoms with van der Waals surface area (Å²) in [5.41, 5.74) is 0.825. The Kier molecular flexibility index (Phi) is 4.77. The van der Waals surface area contributed by atoms with Crippen LogP contribution < -0.4 is 0 Å². The summed E-state index contributed by atoms with van der Waals surface area (Å²) < 4.78 is 4.03. The van der Waals surface area contributed by atoms with Crippen molar-refractivity contribution in [2.75, 3.05) is 13.1 Å². The van der Waals surface area contributed by atoms with Crippen LogP contribution >= 0.6 is 11.3 Å². The van der Waals surface area contributed by atoms with Gasteiger partial charge in [-0.2, -0.15) is 0 Å². The van der Waals surface area contributed by atoms with E-state index in [0.29, 0.717) is 13.1 Å². The van der Waals surface area contributed by atoms with E-state index in [1.165, 1.54) is 11.3 Å². The highest BCUT2D eigenvalue weighted by Gasteiger charge is 2.30. The Balaban J connectivity index is 1.51. The molecule has 1 amide bonds. The van der Waals surface area contributed by atoms with Crippen molar-refractivity contribution in [2.24, 2.45) is 7.05 Å². The number of carbonyl (C=O) groups excluding carboxylic acids is 1. The number of piperidine rings is 1. The zero-order valence-corrected chi connectivity index (χ0v) is 16.6. The largest absolute Gasteiger partial charge is 0.337 e. The molecule has 142 valence electrons. The van der Waals surface area contributed by atoms with Crippen LogP contribution in [-0.4, -0.2) is 53.2 Å². The van der Waals surface area contributed by atoms with Crippen LogP contribution in [0.1, 0.15) is 50.8 Å². The number of amides is 1. The molecule has 27 heavy (non-hydrogen) atoms. The summed E-state index contributed by atoms with van der Waals surface area (Å²) >= 11 is 1.48. The first-order valence-electron chi connectivity index (χ1n) is 9.10. The van der Waals surface area contributed by atoms with Gasteiger partial charge in [0.25, 0.3) is 5.91 Å². The van der Waals surface area contributed by atoms with Crippen molar-refractivity contribution in [1.29, 1.82) is 0 Å². The molecule has 3 aromatic heterocycles. The van der Waals surface area contributed by atoms with Gasteiger partial charge < -0.3 is 14.0 Å². The maximum Gasteiger partial charge on any atom is 0.265 e. The van der Waals surface area contributed by atoms with E-state index in [0.717, 1.165) is 46.6 Å². The highest BCUT2D eigenvalue weighted by atomic mass is 32.1. The number of carbonyl (C=O) groups is 1. The summed E-state index contributed by atoms with van der Waals surface area (Å²) in [5, 5.41) is 9.74. The molecule has 1 unspecified atom stereocenters. The zero-order chi connectivity index (χ0) is 19.0. The SMILES string of the molecule is Cc1nc(C)c(C(=O)N2CCCC(c3nnc(Cn4ccnc4)n3C)C2)s1. The molecular formula is C18H23N7OS. The topological polar surface area (TPSA) is 81.7 Å². The molecule has 1 fully saturated rings. The summed E-state index contributed by atoms with van der Waals surface area (Å²) in [5.74, 6) is 2.12. The summed E-state index contributed by atoms with van der Waals surface area (Å²) in [7, 11) is 2.00. The number of rotatable bonds is 4. The summed E-state index contributed by atoms with van der Waals surface area (Å²) in [6.07, 6.45) is 7.42. The molecule has 0 aliphatic carbocycles. The number of likely N-dealkylation sites (tertiary alicyclic amines) is 1. The molecule has 0 radical (unpaired) electrons. The monoisotopic (exact) mass is 385 g/mol. The molecule has 1 aliphatic rings. The molecule has 0 aromatic carbocycles. The van der Waals surface area contributed by atoms with Crippen molar-refractivity contribution in [3.63, 3.8) is 0 Å². The first kappa shape index (κ1) is 17.8. The fourth-order valence-corrected chi connectivity index (χ4v) is 4.55. The van der Waals surface area contributed by atoms with E-state index in [9.17, 15) is 4.79 Å². The molecule has 0 saturated carbocycles. The van der Waals surface area contributed by atoms with E-state index < -0.39 is 0 Å². The lowest BCUT2D eigenvalue weighted by atomic mass is 9.97. The molecule has 0 bridgehead atoms. The maximum atomic E-state index is 13.0. The number of nitrogens with zero attached hydrogens (tertiary/aromatic N) is 7. The fourth-order valence-electron chi connectivity index (χ4n) is 3.66. The predicted molar refractivity (Wildman–Crippen MR) is 102 cm³/mol. The summed E-state index contributed by atoms with van der Waals surface area (Å²) in [4.78, 5) is 24.1. The predicted octanol–water partition coefficient (Wildman–Crippen LogP) is 2.15. The molecule has 4 rings (SSSR count). The zero-order valence-electron chi connectivity index (χ0n) is 15.8. The Bertz CT molecular complexity index is 943. The molecule has 1 saturated heterocycles. The standard InChI is InChI=1S/C18H23N7OS/c1-12-16(27-13(2)20-12)18(26)25-7-4-5-14(9-25)17-22-21-15(23(17)3)10-24-8-6-19-11-24/h6,8,11,14H,4-5,7,9-10H2,1-3H3. The third-order valence-electron chi connectivity index (χ3n) is 5.05. The second-order valence-corrected chi connectivity index (χ2v) is 8.21. The number of aryl methyl sites for hydroxylation is 2. The molecule has 0 N–H and O–H groups in total. The van der Waals surface area contributed by atoms with E-state index in [1.54, 1.807) is 12.5 Å². The number of thiazole rings is 1. The van der Waals surface area contributed by atoms with Crippen molar-refractivity contribution < 1.29 is 4.79 Å². The smallest absolute Gasteiger partial charge is 0.265 e. The number of aromatic nitrogens is 6. The van der Waals surface area contributed by atoms with Crippen LogP contribution in [0.15, 0.2) is 18.7 Å². The Morgan fingerprint density at radius 1 is 1.33 bits per heavy atom. The average molecular weight is 385 g/mol. The number of imidazole rings is 1. The Hall–Kier alpha value is -2.55. The first-order chi connectivity index (χ1) is 13.0. The Morgan fingerprint density at radius 3 is 2.89 bits per heavy atom. The van der Waals surface area contributed by atoms with Gasteiger partial charge >= 0.3 is 0 Å². The molecule has 1 aliphatic heterocycles. The minimum absolute atomic E-state index is 0.0867.